The lowest BCUT2D eigenvalue weighted by Crippen LogP contribution is -2.05. The molecule has 0 aliphatic rings. The van der Waals surface area contributed by atoms with Gasteiger partial charge in [0.2, 0.25) is 0 Å². The Morgan fingerprint density at radius 1 is 1.03 bits per heavy atom. The molecular formula is C22H15F3N2O2. The van der Waals surface area contributed by atoms with Crippen LogP contribution in [0, 0.1) is 0 Å². The van der Waals surface area contributed by atoms with Gasteiger partial charge in [0.1, 0.15) is 5.65 Å². The molecule has 4 rings (SSSR count). The zero-order chi connectivity index (χ0) is 20.6. The van der Waals surface area contributed by atoms with E-state index in [4.69, 9.17) is 0 Å². The summed E-state index contributed by atoms with van der Waals surface area (Å²) in [6, 6.07) is 15.4. The van der Waals surface area contributed by atoms with Gasteiger partial charge in [0, 0.05) is 24.4 Å². The van der Waals surface area contributed by atoms with Crippen LogP contribution in [-0.4, -0.2) is 20.5 Å². The molecule has 0 saturated carbocycles. The molecule has 29 heavy (non-hydrogen) atoms. The van der Waals surface area contributed by atoms with Gasteiger partial charge in [-0.1, -0.05) is 30.3 Å². The first-order chi connectivity index (χ1) is 13.8. The Balaban J connectivity index is 1.72. The molecule has 0 atom stereocenters. The monoisotopic (exact) mass is 396 g/mol. The smallest absolute Gasteiger partial charge is 0.416 e. The highest BCUT2D eigenvalue weighted by atomic mass is 19.4. The third-order valence-corrected chi connectivity index (χ3v) is 4.59. The van der Waals surface area contributed by atoms with Gasteiger partial charge in [-0.25, -0.2) is 9.78 Å². The Kier molecular flexibility index (Phi) is 4.58. The molecule has 0 aliphatic heterocycles. The summed E-state index contributed by atoms with van der Waals surface area (Å²) in [5.74, 6) is -1.02. The highest BCUT2D eigenvalue weighted by molar-refractivity contribution is 5.90. The third kappa shape index (κ3) is 3.85. The molecule has 0 bridgehead atoms. The van der Waals surface area contributed by atoms with Crippen LogP contribution in [0.5, 0.6) is 0 Å². The van der Waals surface area contributed by atoms with Crippen molar-refractivity contribution >= 4 is 11.6 Å². The normalized spacial score (nSPS) is 11.7. The van der Waals surface area contributed by atoms with E-state index in [1.807, 2.05) is 12.1 Å². The van der Waals surface area contributed by atoms with Crippen molar-refractivity contribution in [1.82, 2.24) is 9.38 Å². The molecule has 2 heterocycles. The molecule has 1 N–H and O–H groups in total. The zero-order valence-corrected chi connectivity index (χ0v) is 15.0. The maximum absolute atomic E-state index is 12.9. The third-order valence-electron chi connectivity index (χ3n) is 4.59. The van der Waals surface area contributed by atoms with Crippen LogP contribution in [0.1, 0.15) is 27.2 Å². The van der Waals surface area contributed by atoms with Crippen LogP contribution in [0.15, 0.2) is 73.1 Å². The van der Waals surface area contributed by atoms with Crippen LogP contribution in [0.4, 0.5) is 13.2 Å². The molecule has 2 aromatic carbocycles. The first-order valence-electron chi connectivity index (χ1n) is 8.78. The molecule has 146 valence electrons. The Morgan fingerprint density at radius 2 is 1.83 bits per heavy atom. The standard InChI is InChI=1S/C22H15F3N2O2/c23-22(24,25)17-7-1-4-14(10-17)11-18-13-27-9-3-8-19(20(27)26-18)15-5-2-6-16(12-15)21(28)29/h1-10,12-13H,11H2,(H,28,29). The number of halogens is 3. The van der Waals surface area contributed by atoms with Gasteiger partial charge in [-0.05, 0) is 41.5 Å². The molecular weight excluding hydrogens is 381 g/mol. The largest absolute Gasteiger partial charge is 0.478 e. The average molecular weight is 396 g/mol. The molecule has 0 aliphatic carbocycles. The predicted molar refractivity (Wildman–Crippen MR) is 102 cm³/mol. The summed E-state index contributed by atoms with van der Waals surface area (Å²) in [4.78, 5) is 15.8. The number of aromatic carboxylic acids is 1. The number of imidazole rings is 1. The summed E-state index contributed by atoms with van der Waals surface area (Å²) in [5, 5.41) is 9.22. The van der Waals surface area contributed by atoms with Crippen molar-refractivity contribution in [3.8, 4) is 11.1 Å². The van der Waals surface area contributed by atoms with Gasteiger partial charge in [-0.2, -0.15) is 13.2 Å². The van der Waals surface area contributed by atoms with Crippen molar-refractivity contribution in [2.24, 2.45) is 0 Å². The molecule has 2 aromatic heterocycles. The topological polar surface area (TPSA) is 54.6 Å². The fourth-order valence-electron chi connectivity index (χ4n) is 3.26. The molecule has 0 unspecified atom stereocenters. The fourth-order valence-corrected chi connectivity index (χ4v) is 3.26. The van der Waals surface area contributed by atoms with Crippen LogP contribution in [0.25, 0.3) is 16.8 Å². The van der Waals surface area contributed by atoms with E-state index in [0.717, 1.165) is 17.7 Å². The number of benzene rings is 2. The van der Waals surface area contributed by atoms with Gasteiger partial charge < -0.3 is 9.51 Å². The van der Waals surface area contributed by atoms with Crippen LogP contribution < -0.4 is 0 Å². The van der Waals surface area contributed by atoms with E-state index in [0.29, 0.717) is 22.5 Å². The summed E-state index contributed by atoms with van der Waals surface area (Å²) < 4.78 is 40.6. The van der Waals surface area contributed by atoms with Gasteiger partial charge in [-0.15, -0.1) is 0 Å². The van der Waals surface area contributed by atoms with Crippen LogP contribution in [0.2, 0.25) is 0 Å². The molecule has 0 radical (unpaired) electrons. The maximum Gasteiger partial charge on any atom is 0.416 e. The number of alkyl halides is 3. The number of nitrogens with zero attached hydrogens (tertiary/aromatic N) is 2. The number of fused-ring (bicyclic) bond motifs is 1. The average Bonchev–Trinajstić information content (AvgIpc) is 3.10. The van der Waals surface area contributed by atoms with Crippen LogP contribution in [-0.2, 0) is 12.6 Å². The Morgan fingerprint density at radius 3 is 2.59 bits per heavy atom. The second-order valence-electron chi connectivity index (χ2n) is 6.65. The summed E-state index contributed by atoms with van der Waals surface area (Å²) >= 11 is 0. The van der Waals surface area contributed by atoms with Crippen molar-refractivity contribution in [1.29, 1.82) is 0 Å². The molecule has 0 saturated heterocycles. The highest BCUT2D eigenvalue weighted by Crippen LogP contribution is 2.30. The van der Waals surface area contributed by atoms with Gasteiger partial charge in [0.15, 0.2) is 0 Å². The molecule has 4 nitrogen and oxygen atoms in total. The molecule has 7 heteroatoms. The second-order valence-corrected chi connectivity index (χ2v) is 6.65. The number of carboxylic acid groups (broad SMARTS) is 1. The van der Waals surface area contributed by atoms with Crippen molar-refractivity contribution in [2.45, 2.75) is 12.6 Å². The second kappa shape index (κ2) is 7.09. The van der Waals surface area contributed by atoms with Crippen LogP contribution in [0.3, 0.4) is 0 Å². The van der Waals surface area contributed by atoms with E-state index < -0.39 is 17.7 Å². The van der Waals surface area contributed by atoms with E-state index in [2.05, 4.69) is 4.98 Å². The first-order valence-corrected chi connectivity index (χ1v) is 8.78. The predicted octanol–water partition coefficient (Wildman–Crippen LogP) is 5.31. The molecule has 4 aromatic rings. The van der Waals surface area contributed by atoms with Crippen molar-refractivity contribution in [2.75, 3.05) is 0 Å². The quantitative estimate of drug-likeness (QED) is 0.509. The first kappa shape index (κ1) is 18.7. The van der Waals surface area contributed by atoms with Crippen LogP contribution >= 0.6 is 0 Å². The molecule has 0 fully saturated rings. The minimum atomic E-state index is -4.39. The number of pyridine rings is 1. The lowest BCUT2D eigenvalue weighted by Gasteiger charge is -2.07. The van der Waals surface area contributed by atoms with E-state index >= 15 is 0 Å². The van der Waals surface area contributed by atoms with Gasteiger partial charge in [0.25, 0.3) is 0 Å². The van der Waals surface area contributed by atoms with E-state index in [1.54, 1.807) is 41.1 Å². The fraction of sp³-hybridized carbons (Fsp3) is 0.0909. The minimum Gasteiger partial charge on any atom is -0.478 e. The number of rotatable bonds is 4. The molecule has 0 spiro atoms. The Labute approximate surface area is 163 Å². The van der Waals surface area contributed by atoms with Crippen molar-refractivity contribution in [3.63, 3.8) is 0 Å². The lowest BCUT2D eigenvalue weighted by atomic mass is 10.0. The molecule has 0 amide bonds. The number of aromatic nitrogens is 2. The van der Waals surface area contributed by atoms with Gasteiger partial charge >= 0.3 is 12.1 Å². The number of hydrogen-bond donors (Lipinski definition) is 1. The summed E-state index contributed by atoms with van der Waals surface area (Å²) in [5.41, 5.74) is 2.66. The van der Waals surface area contributed by atoms with Gasteiger partial charge in [0.05, 0.1) is 16.8 Å². The lowest BCUT2D eigenvalue weighted by molar-refractivity contribution is -0.137. The highest BCUT2D eigenvalue weighted by Gasteiger charge is 2.30. The van der Waals surface area contributed by atoms with E-state index in [9.17, 15) is 23.1 Å². The Bertz CT molecular complexity index is 1210. The number of carboxylic acids is 1. The minimum absolute atomic E-state index is 0.167. The summed E-state index contributed by atoms with van der Waals surface area (Å²) in [7, 11) is 0. The van der Waals surface area contributed by atoms with Crippen molar-refractivity contribution < 1.29 is 23.1 Å². The number of carbonyl (C=O) groups is 1. The number of hydrogen-bond acceptors (Lipinski definition) is 2. The van der Waals surface area contributed by atoms with Gasteiger partial charge in [-0.3, -0.25) is 0 Å². The summed E-state index contributed by atoms with van der Waals surface area (Å²) in [6.07, 6.45) is -0.583. The van der Waals surface area contributed by atoms with Crippen molar-refractivity contribution in [3.05, 3.63) is 95.4 Å². The zero-order valence-electron chi connectivity index (χ0n) is 15.0. The maximum atomic E-state index is 12.9. The summed E-state index contributed by atoms with van der Waals surface area (Å²) in [6.45, 7) is 0. The van der Waals surface area contributed by atoms with E-state index in [-0.39, 0.29) is 12.0 Å². The van der Waals surface area contributed by atoms with E-state index in [1.165, 1.54) is 12.1 Å². The SMILES string of the molecule is O=C(O)c1cccc(-c2cccn3cc(Cc4cccc(C(F)(F)F)c4)nc23)c1. The Hall–Kier alpha value is -3.61.